The van der Waals surface area contributed by atoms with E-state index in [1.165, 1.54) is 0 Å². The predicted octanol–water partition coefficient (Wildman–Crippen LogP) is 2.96. The Hall–Kier alpha value is -0.570. The van der Waals surface area contributed by atoms with Crippen LogP contribution in [0.3, 0.4) is 0 Å². The van der Waals surface area contributed by atoms with Crippen molar-refractivity contribution in [3.63, 3.8) is 0 Å². The number of aliphatic hydroxyl groups is 2. The minimum atomic E-state index is -0.451. The van der Waals surface area contributed by atoms with Crippen molar-refractivity contribution in [2.45, 2.75) is 33.1 Å². The molecule has 0 bridgehead atoms. The highest BCUT2D eigenvalue weighted by Gasteiger charge is 2.28. The van der Waals surface area contributed by atoms with E-state index in [2.05, 4.69) is 6.92 Å². The first-order valence-corrected chi connectivity index (χ1v) is 6.41. The molecule has 0 atom stereocenters. The summed E-state index contributed by atoms with van der Waals surface area (Å²) in [4.78, 5) is 0. The van der Waals surface area contributed by atoms with Crippen LogP contribution in [0.4, 0.5) is 0 Å². The fourth-order valence-electron chi connectivity index (χ4n) is 2.14. The maximum absolute atomic E-state index is 9.51. The Morgan fingerprint density at radius 1 is 1.24 bits per heavy atom. The third kappa shape index (κ3) is 3.70. The van der Waals surface area contributed by atoms with Crippen LogP contribution in [0.5, 0.6) is 0 Å². The molecule has 17 heavy (non-hydrogen) atoms. The monoisotopic (exact) mass is 256 g/mol. The quantitative estimate of drug-likeness (QED) is 0.822. The lowest BCUT2D eigenvalue weighted by molar-refractivity contribution is 0.0466. The largest absolute Gasteiger partial charge is 0.396 e. The van der Waals surface area contributed by atoms with Crippen molar-refractivity contribution >= 4 is 11.6 Å². The molecule has 0 heterocycles. The molecule has 1 aromatic carbocycles. The van der Waals surface area contributed by atoms with Crippen molar-refractivity contribution in [3.8, 4) is 0 Å². The zero-order chi connectivity index (χ0) is 12.9. The van der Waals surface area contributed by atoms with Gasteiger partial charge in [-0.2, -0.15) is 0 Å². The topological polar surface area (TPSA) is 40.5 Å². The molecule has 1 aromatic rings. The summed E-state index contributed by atoms with van der Waals surface area (Å²) >= 11 is 6.19. The molecule has 0 saturated carbocycles. The molecule has 0 radical (unpaired) electrons. The number of hydrogen-bond acceptors (Lipinski definition) is 2. The van der Waals surface area contributed by atoms with Crippen molar-refractivity contribution in [3.05, 3.63) is 34.3 Å². The van der Waals surface area contributed by atoms with Gasteiger partial charge in [-0.15, -0.1) is 0 Å². The summed E-state index contributed by atoms with van der Waals surface area (Å²) in [5, 5.41) is 19.7. The van der Waals surface area contributed by atoms with Crippen molar-refractivity contribution in [2.24, 2.45) is 5.41 Å². The van der Waals surface area contributed by atoms with Gasteiger partial charge in [0.1, 0.15) is 0 Å². The summed E-state index contributed by atoms with van der Waals surface area (Å²) in [6, 6.07) is 5.91. The Kier molecular flexibility index (Phi) is 5.44. The zero-order valence-electron chi connectivity index (χ0n) is 10.5. The van der Waals surface area contributed by atoms with Crippen molar-refractivity contribution in [2.75, 3.05) is 13.2 Å². The van der Waals surface area contributed by atoms with Gasteiger partial charge in [-0.05, 0) is 37.0 Å². The summed E-state index contributed by atoms with van der Waals surface area (Å²) in [5.41, 5.74) is 1.66. The number of halogens is 1. The lowest BCUT2D eigenvalue weighted by atomic mass is 9.79. The second-order valence-corrected chi connectivity index (χ2v) is 5.25. The number of benzene rings is 1. The Morgan fingerprint density at radius 3 is 2.35 bits per heavy atom. The average molecular weight is 257 g/mol. The zero-order valence-corrected chi connectivity index (χ0v) is 11.3. The first-order chi connectivity index (χ1) is 8.06. The molecule has 0 aliphatic heterocycles. The van der Waals surface area contributed by atoms with Gasteiger partial charge in [-0.3, -0.25) is 0 Å². The van der Waals surface area contributed by atoms with E-state index in [0.717, 1.165) is 24.0 Å². The van der Waals surface area contributed by atoms with E-state index in [-0.39, 0.29) is 13.2 Å². The number of aliphatic hydroxyl groups excluding tert-OH is 2. The van der Waals surface area contributed by atoms with E-state index in [0.29, 0.717) is 11.4 Å². The molecule has 0 aliphatic rings. The third-order valence-corrected chi connectivity index (χ3v) is 3.58. The van der Waals surface area contributed by atoms with Crippen LogP contribution in [0.1, 0.15) is 30.9 Å². The van der Waals surface area contributed by atoms with Crippen LogP contribution >= 0.6 is 11.6 Å². The van der Waals surface area contributed by atoms with Crippen molar-refractivity contribution < 1.29 is 10.2 Å². The molecule has 96 valence electrons. The normalized spacial score (nSPS) is 11.8. The van der Waals surface area contributed by atoms with E-state index in [9.17, 15) is 10.2 Å². The molecule has 0 unspecified atom stereocenters. The number of hydrogen-bond donors (Lipinski definition) is 2. The molecule has 0 fully saturated rings. The smallest absolute Gasteiger partial charge is 0.0512 e. The molecule has 0 saturated heterocycles. The molecule has 0 spiro atoms. The van der Waals surface area contributed by atoms with Gasteiger partial charge in [0, 0.05) is 10.4 Å². The highest BCUT2D eigenvalue weighted by molar-refractivity contribution is 6.31. The standard InChI is InChI=1S/C14H21ClO2/c1-3-6-14(9-16,10-17)8-12-5-4-11(2)7-13(12)15/h4-5,7,16-17H,3,6,8-10H2,1-2H3. The van der Waals surface area contributed by atoms with Crippen LogP contribution in [0.25, 0.3) is 0 Å². The van der Waals surface area contributed by atoms with E-state index < -0.39 is 5.41 Å². The van der Waals surface area contributed by atoms with Gasteiger partial charge in [0.25, 0.3) is 0 Å². The maximum atomic E-state index is 9.51. The predicted molar refractivity (Wildman–Crippen MR) is 71.4 cm³/mol. The summed E-state index contributed by atoms with van der Waals surface area (Å²) in [6.07, 6.45) is 2.35. The van der Waals surface area contributed by atoms with E-state index in [4.69, 9.17) is 11.6 Å². The van der Waals surface area contributed by atoms with E-state index >= 15 is 0 Å². The summed E-state index contributed by atoms with van der Waals surface area (Å²) in [7, 11) is 0. The van der Waals surface area contributed by atoms with Gasteiger partial charge in [-0.1, -0.05) is 37.1 Å². The van der Waals surface area contributed by atoms with E-state index in [1.54, 1.807) is 0 Å². The third-order valence-electron chi connectivity index (χ3n) is 3.23. The van der Waals surface area contributed by atoms with Crippen molar-refractivity contribution in [1.29, 1.82) is 0 Å². The fraction of sp³-hybridized carbons (Fsp3) is 0.571. The van der Waals surface area contributed by atoms with Crippen LogP contribution in [0, 0.1) is 12.3 Å². The Morgan fingerprint density at radius 2 is 1.88 bits per heavy atom. The van der Waals surface area contributed by atoms with Crippen LogP contribution in [-0.2, 0) is 6.42 Å². The molecular weight excluding hydrogens is 236 g/mol. The SMILES string of the molecule is CCCC(CO)(CO)Cc1ccc(C)cc1Cl. The van der Waals surface area contributed by atoms with Crippen LogP contribution < -0.4 is 0 Å². The van der Waals surface area contributed by atoms with E-state index in [1.807, 2.05) is 25.1 Å². The molecule has 2 nitrogen and oxygen atoms in total. The van der Waals surface area contributed by atoms with Gasteiger partial charge in [-0.25, -0.2) is 0 Å². The first-order valence-electron chi connectivity index (χ1n) is 6.03. The molecular formula is C14H21ClO2. The number of aryl methyl sites for hydroxylation is 1. The summed E-state index contributed by atoms with van der Waals surface area (Å²) < 4.78 is 0. The van der Waals surface area contributed by atoms with Gasteiger partial charge in [0.2, 0.25) is 0 Å². The highest BCUT2D eigenvalue weighted by Crippen LogP contribution is 2.31. The van der Waals surface area contributed by atoms with Gasteiger partial charge < -0.3 is 10.2 Å². The molecule has 1 rings (SSSR count). The van der Waals surface area contributed by atoms with Crippen LogP contribution in [0.2, 0.25) is 5.02 Å². The molecule has 3 heteroatoms. The minimum absolute atomic E-state index is 0.0124. The van der Waals surface area contributed by atoms with Gasteiger partial charge in [0.15, 0.2) is 0 Å². The van der Waals surface area contributed by atoms with Crippen LogP contribution in [-0.4, -0.2) is 23.4 Å². The lowest BCUT2D eigenvalue weighted by Crippen LogP contribution is -2.32. The summed E-state index contributed by atoms with van der Waals surface area (Å²) in [5.74, 6) is 0. The maximum Gasteiger partial charge on any atom is 0.0512 e. The Labute approximate surface area is 108 Å². The molecule has 0 aliphatic carbocycles. The highest BCUT2D eigenvalue weighted by atomic mass is 35.5. The number of rotatable bonds is 6. The van der Waals surface area contributed by atoms with Crippen LogP contribution in [0.15, 0.2) is 18.2 Å². The summed E-state index contributed by atoms with van der Waals surface area (Å²) in [6.45, 7) is 4.02. The molecule has 0 amide bonds. The fourth-order valence-corrected chi connectivity index (χ4v) is 2.44. The molecule has 0 aromatic heterocycles. The Bertz CT molecular complexity index is 359. The van der Waals surface area contributed by atoms with Crippen molar-refractivity contribution in [1.82, 2.24) is 0 Å². The first kappa shape index (κ1) is 14.5. The minimum Gasteiger partial charge on any atom is -0.396 e. The lowest BCUT2D eigenvalue weighted by Gasteiger charge is -2.30. The van der Waals surface area contributed by atoms with Gasteiger partial charge in [0.05, 0.1) is 13.2 Å². The second-order valence-electron chi connectivity index (χ2n) is 4.84. The molecule has 2 N–H and O–H groups in total. The second kappa shape index (κ2) is 6.39. The van der Waals surface area contributed by atoms with Gasteiger partial charge >= 0.3 is 0 Å². The Balaban J connectivity index is 2.92. The average Bonchev–Trinajstić information content (AvgIpc) is 2.32.